The van der Waals surface area contributed by atoms with Crippen molar-refractivity contribution in [2.45, 2.75) is 6.54 Å². The van der Waals surface area contributed by atoms with E-state index in [0.29, 0.717) is 5.82 Å². The molecule has 0 aromatic carbocycles. The third-order valence-electron chi connectivity index (χ3n) is 2.02. The fourth-order valence-corrected chi connectivity index (χ4v) is 1.48. The van der Waals surface area contributed by atoms with Crippen molar-refractivity contribution in [2.75, 3.05) is 5.32 Å². The van der Waals surface area contributed by atoms with Gasteiger partial charge in [-0.15, -0.1) is 0 Å². The Hall–Kier alpha value is -2.29. The fraction of sp³-hybridized carbons (Fsp3) is 0.250. The van der Waals surface area contributed by atoms with Crippen molar-refractivity contribution in [2.24, 2.45) is 7.05 Å². The van der Waals surface area contributed by atoms with Crippen molar-refractivity contribution < 1.29 is 4.92 Å². The van der Waals surface area contributed by atoms with Gasteiger partial charge in [0.05, 0.1) is 11.5 Å². The van der Waals surface area contributed by atoms with E-state index in [4.69, 9.17) is 11.6 Å². The van der Waals surface area contributed by atoms with Gasteiger partial charge in [0.25, 0.3) is 0 Å². The van der Waals surface area contributed by atoms with Gasteiger partial charge in [-0.2, -0.15) is 5.10 Å². The van der Waals surface area contributed by atoms with Crippen LogP contribution in [0.2, 0.25) is 5.15 Å². The van der Waals surface area contributed by atoms with Gasteiger partial charge in [-0.05, 0) is 0 Å². The van der Waals surface area contributed by atoms with Crippen LogP contribution in [0.15, 0.2) is 12.7 Å². The molecule has 10 heteroatoms. The molecule has 0 saturated heterocycles. The maximum Gasteiger partial charge on any atom is 0.348 e. The molecule has 18 heavy (non-hydrogen) atoms. The van der Waals surface area contributed by atoms with Crippen molar-refractivity contribution in [3.63, 3.8) is 0 Å². The molecular weight excluding hydrogens is 262 g/mol. The highest BCUT2D eigenvalue weighted by atomic mass is 35.5. The molecular formula is C8H8ClN7O2. The average molecular weight is 270 g/mol. The van der Waals surface area contributed by atoms with Crippen LogP contribution in [0.25, 0.3) is 0 Å². The maximum absolute atomic E-state index is 10.8. The maximum atomic E-state index is 10.8. The number of nitro groups is 1. The van der Waals surface area contributed by atoms with E-state index in [-0.39, 0.29) is 23.2 Å². The number of hydrogen-bond donors (Lipinski definition) is 1. The first-order valence-electron chi connectivity index (χ1n) is 4.81. The van der Waals surface area contributed by atoms with Gasteiger partial charge in [0.2, 0.25) is 11.0 Å². The zero-order valence-corrected chi connectivity index (χ0v) is 10.00. The van der Waals surface area contributed by atoms with E-state index in [0.717, 1.165) is 6.33 Å². The molecule has 2 aromatic rings. The van der Waals surface area contributed by atoms with Crippen LogP contribution in [0.4, 0.5) is 11.5 Å². The molecule has 2 heterocycles. The predicted molar refractivity (Wildman–Crippen MR) is 62.0 cm³/mol. The van der Waals surface area contributed by atoms with E-state index in [9.17, 15) is 10.1 Å². The lowest BCUT2D eigenvalue weighted by atomic mass is 10.4. The molecule has 0 aliphatic rings. The molecule has 0 aliphatic carbocycles. The predicted octanol–water partition coefficient (Wildman–Crippen LogP) is 0.779. The molecule has 94 valence electrons. The van der Waals surface area contributed by atoms with Gasteiger partial charge in [-0.25, -0.2) is 15.0 Å². The standard InChI is InChI=1S/C8H8ClN7O2/c1-15-4-13-5(14-15)2-10-8-6(16(17)18)7(9)11-3-12-8/h3-4H,2H2,1H3,(H,10,11,12). The smallest absolute Gasteiger partial charge is 0.348 e. The zero-order chi connectivity index (χ0) is 13.1. The van der Waals surface area contributed by atoms with Gasteiger partial charge >= 0.3 is 5.69 Å². The third kappa shape index (κ3) is 2.51. The molecule has 0 spiro atoms. The summed E-state index contributed by atoms with van der Waals surface area (Å²) in [5, 5.41) is 17.4. The quantitative estimate of drug-likeness (QED) is 0.496. The minimum Gasteiger partial charge on any atom is -0.357 e. The number of aromatic nitrogens is 5. The van der Waals surface area contributed by atoms with Crippen LogP contribution in [-0.4, -0.2) is 29.7 Å². The molecule has 0 atom stereocenters. The van der Waals surface area contributed by atoms with Gasteiger partial charge in [0.15, 0.2) is 5.82 Å². The number of aryl methyl sites for hydroxylation is 1. The minimum absolute atomic E-state index is 0.0347. The Bertz CT molecular complexity index is 585. The van der Waals surface area contributed by atoms with E-state index in [1.165, 1.54) is 11.0 Å². The molecule has 2 aromatic heterocycles. The van der Waals surface area contributed by atoms with Crippen molar-refractivity contribution in [1.82, 2.24) is 24.7 Å². The van der Waals surface area contributed by atoms with Crippen LogP contribution in [0.3, 0.4) is 0 Å². The van der Waals surface area contributed by atoms with Crippen LogP contribution in [-0.2, 0) is 13.6 Å². The summed E-state index contributed by atoms with van der Waals surface area (Å²) >= 11 is 5.64. The number of halogens is 1. The Morgan fingerprint density at radius 3 is 2.89 bits per heavy atom. The lowest BCUT2D eigenvalue weighted by Crippen LogP contribution is -2.07. The first-order chi connectivity index (χ1) is 8.58. The Balaban J connectivity index is 2.19. The number of nitrogens with zero attached hydrogens (tertiary/aromatic N) is 6. The number of nitrogens with one attached hydrogen (secondary N) is 1. The highest BCUT2D eigenvalue weighted by Crippen LogP contribution is 2.28. The second-order valence-corrected chi connectivity index (χ2v) is 3.66. The highest BCUT2D eigenvalue weighted by molar-refractivity contribution is 6.31. The Morgan fingerprint density at radius 2 is 2.28 bits per heavy atom. The number of rotatable bonds is 4. The number of anilines is 1. The summed E-state index contributed by atoms with van der Waals surface area (Å²) in [4.78, 5) is 21.5. The lowest BCUT2D eigenvalue weighted by molar-refractivity contribution is -0.384. The van der Waals surface area contributed by atoms with Crippen molar-refractivity contribution in [3.8, 4) is 0 Å². The average Bonchev–Trinajstić information content (AvgIpc) is 2.72. The van der Waals surface area contributed by atoms with Crippen LogP contribution >= 0.6 is 11.6 Å². The van der Waals surface area contributed by atoms with Crippen LogP contribution in [0, 0.1) is 10.1 Å². The molecule has 0 bridgehead atoms. The van der Waals surface area contributed by atoms with E-state index in [1.54, 1.807) is 7.05 Å². The van der Waals surface area contributed by atoms with Crippen LogP contribution < -0.4 is 5.32 Å². The van der Waals surface area contributed by atoms with Crippen LogP contribution in [0.1, 0.15) is 5.82 Å². The summed E-state index contributed by atoms with van der Waals surface area (Å²) in [5.74, 6) is 0.522. The lowest BCUT2D eigenvalue weighted by Gasteiger charge is -2.03. The molecule has 9 nitrogen and oxygen atoms in total. The van der Waals surface area contributed by atoms with E-state index in [1.807, 2.05) is 0 Å². The van der Waals surface area contributed by atoms with E-state index < -0.39 is 4.92 Å². The summed E-state index contributed by atoms with van der Waals surface area (Å²) in [6.07, 6.45) is 2.67. The molecule has 0 fully saturated rings. The van der Waals surface area contributed by atoms with Gasteiger partial charge in [-0.1, -0.05) is 11.6 Å². The molecule has 0 saturated carbocycles. The number of hydrogen-bond acceptors (Lipinski definition) is 7. The normalized spacial score (nSPS) is 10.3. The Kier molecular flexibility index (Phi) is 3.33. The van der Waals surface area contributed by atoms with Crippen molar-refractivity contribution in [3.05, 3.63) is 33.7 Å². The summed E-state index contributed by atoms with van der Waals surface area (Å²) in [7, 11) is 1.72. The largest absolute Gasteiger partial charge is 0.357 e. The zero-order valence-electron chi connectivity index (χ0n) is 9.24. The Morgan fingerprint density at radius 1 is 1.50 bits per heavy atom. The minimum atomic E-state index is -0.642. The molecule has 1 N–H and O–H groups in total. The summed E-state index contributed by atoms with van der Waals surface area (Å²) in [6.45, 7) is 0.203. The van der Waals surface area contributed by atoms with Crippen molar-refractivity contribution >= 4 is 23.1 Å². The van der Waals surface area contributed by atoms with Gasteiger partial charge in [-0.3, -0.25) is 14.8 Å². The van der Waals surface area contributed by atoms with E-state index in [2.05, 4.69) is 25.4 Å². The molecule has 0 aliphatic heterocycles. The molecule has 0 amide bonds. The Labute approximate surface area is 106 Å². The first kappa shape index (κ1) is 12.2. The summed E-state index contributed by atoms with van der Waals surface area (Å²) in [5.41, 5.74) is -0.366. The van der Waals surface area contributed by atoms with Crippen molar-refractivity contribution in [1.29, 1.82) is 0 Å². The van der Waals surface area contributed by atoms with Gasteiger partial charge in [0.1, 0.15) is 12.7 Å². The van der Waals surface area contributed by atoms with Gasteiger partial charge in [0, 0.05) is 7.05 Å². The molecule has 0 radical (unpaired) electrons. The SMILES string of the molecule is Cn1cnc(CNc2ncnc(Cl)c2[N+](=O)[O-])n1. The van der Waals surface area contributed by atoms with E-state index >= 15 is 0 Å². The molecule has 0 unspecified atom stereocenters. The summed E-state index contributed by atoms with van der Waals surface area (Å²) in [6, 6.07) is 0. The summed E-state index contributed by atoms with van der Waals surface area (Å²) < 4.78 is 1.53. The monoisotopic (exact) mass is 269 g/mol. The first-order valence-corrected chi connectivity index (χ1v) is 5.19. The second kappa shape index (κ2) is 4.92. The topological polar surface area (TPSA) is 112 Å². The molecule has 2 rings (SSSR count). The highest BCUT2D eigenvalue weighted by Gasteiger charge is 2.21. The second-order valence-electron chi connectivity index (χ2n) is 3.31. The van der Waals surface area contributed by atoms with Gasteiger partial charge < -0.3 is 5.32 Å². The fourth-order valence-electron chi connectivity index (χ4n) is 1.28. The third-order valence-corrected chi connectivity index (χ3v) is 2.30. The van der Waals surface area contributed by atoms with Crippen LogP contribution in [0.5, 0.6) is 0 Å².